The highest BCUT2D eigenvalue weighted by Gasteiger charge is 2.06. The molecule has 0 saturated carbocycles. The van der Waals surface area contributed by atoms with Gasteiger partial charge < -0.3 is 0 Å². The van der Waals surface area contributed by atoms with Crippen LogP contribution in [0.4, 0.5) is 4.39 Å². The molecule has 0 aromatic carbocycles. The lowest BCUT2D eigenvalue weighted by Gasteiger charge is -2.02. The van der Waals surface area contributed by atoms with Gasteiger partial charge in [-0.25, -0.2) is 9.97 Å². The second kappa shape index (κ2) is 3.35. The summed E-state index contributed by atoms with van der Waals surface area (Å²) in [5.74, 6) is -0.545. The van der Waals surface area contributed by atoms with Gasteiger partial charge in [-0.15, -0.1) is 0 Å². The largest absolute Gasteiger partial charge is 0.244 e. The highest BCUT2D eigenvalue weighted by Crippen LogP contribution is 2.22. The predicted octanol–water partition coefficient (Wildman–Crippen LogP) is 3.07. The third kappa shape index (κ3) is 1.36. The predicted molar refractivity (Wildman–Crippen MR) is 54.6 cm³/mol. The zero-order chi connectivity index (χ0) is 10.1. The summed E-state index contributed by atoms with van der Waals surface area (Å²) < 4.78 is 13.2. The molecule has 2 nitrogen and oxygen atoms in total. The Labute approximate surface area is 85.1 Å². The first kappa shape index (κ1) is 9.09. The third-order valence-corrected chi connectivity index (χ3v) is 2.14. The topological polar surface area (TPSA) is 25.8 Å². The van der Waals surface area contributed by atoms with Crippen molar-refractivity contribution in [1.82, 2.24) is 9.97 Å². The maximum atomic E-state index is 13.2. The van der Waals surface area contributed by atoms with Gasteiger partial charge in [-0.3, -0.25) is 0 Å². The van der Waals surface area contributed by atoms with E-state index in [9.17, 15) is 4.39 Å². The molecule has 0 radical (unpaired) electrons. The summed E-state index contributed by atoms with van der Waals surface area (Å²) in [7, 11) is 0. The Balaban J connectivity index is 2.88. The van der Waals surface area contributed by atoms with E-state index in [0.29, 0.717) is 16.1 Å². The standard InChI is InChI=1S/C10H6ClFN2/c1-2-7-8-5-13-9(11)3-6(8)4-14-10(7)12/h2-5H,1H2. The number of halogens is 2. The van der Waals surface area contributed by atoms with Crippen molar-refractivity contribution < 1.29 is 4.39 Å². The smallest absolute Gasteiger partial charge is 0.220 e. The fourth-order valence-electron chi connectivity index (χ4n) is 1.28. The Bertz CT molecular complexity index is 511. The van der Waals surface area contributed by atoms with Gasteiger partial charge in [0.05, 0.1) is 0 Å². The van der Waals surface area contributed by atoms with Gasteiger partial charge in [-0.2, -0.15) is 4.39 Å². The van der Waals surface area contributed by atoms with Crippen LogP contribution >= 0.6 is 11.6 Å². The molecule has 0 fully saturated rings. The maximum Gasteiger partial charge on any atom is 0.220 e. The SMILES string of the molecule is C=Cc1c(F)ncc2cc(Cl)ncc12. The lowest BCUT2D eigenvalue weighted by atomic mass is 10.1. The van der Waals surface area contributed by atoms with Crippen molar-refractivity contribution in [3.63, 3.8) is 0 Å². The van der Waals surface area contributed by atoms with Crippen LogP contribution < -0.4 is 0 Å². The third-order valence-electron chi connectivity index (χ3n) is 1.94. The molecule has 0 unspecified atom stereocenters. The maximum absolute atomic E-state index is 13.2. The summed E-state index contributed by atoms with van der Waals surface area (Å²) in [5, 5.41) is 1.78. The summed E-state index contributed by atoms with van der Waals surface area (Å²) >= 11 is 5.70. The Kier molecular flexibility index (Phi) is 2.17. The van der Waals surface area contributed by atoms with Crippen LogP contribution in [-0.4, -0.2) is 9.97 Å². The number of fused-ring (bicyclic) bond motifs is 1. The molecule has 0 N–H and O–H groups in total. The van der Waals surface area contributed by atoms with Gasteiger partial charge in [0.2, 0.25) is 5.95 Å². The van der Waals surface area contributed by atoms with Crippen molar-refractivity contribution in [2.45, 2.75) is 0 Å². The lowest BCUT2D eigenvalue weighted by Crippen LogP contribution is -1.90. The van der Waals surface area contributed by atoms with E-state index in [1.165, 1.54) is 18.5 Å². The number of aromatic nitrogens is 2. The normalized spacial score (nSPS) is 10.4. The molecule has 2 heterocycles. The minimum Gasteiger partial charge on any atom is -0.244 e. The molecule has 0 aliphatic carbocycles. The van der Waals surface area contributed by atoms with Gasteiger partial charge in [0, 0.05) is 28.7 Å². The Morgan fingerprint density at radius 3 is 2.86 bits per heavy atom. The van der Waals surface area contributed by atoms with Crippen LogP contribution in [0.25, 0.3) is 16.8 Å². The molecule has 14 heavy (non-hydrogen) atoms. The van der Waals surface area contributed by atoms with Gasteiger partial charge >= 0.3 is 0 Å². The summed E-state index contributed by atoms with van der Waals surface area (Å²) in [4.78, 5) is 7.48. The summed E-state index contributed by atoms with van der Waals surface area (Å²) in [5.41, 5.74) is 0.353. The van der Waals surface area contributed by atoms with Crippen molar-refractivity contribution in [2.24, 2.45) is 0 Å². The highest BCUT2D eigenvalue weighted by molar-refractivity contribution is 6.30. The Hall–Kier alpha value is -1.48. The van der Waals surface area contributed by atoms with Crippen LogP contribution in [-0.2, 0) is 0 Å². The molecule has 0 aliphatic rings. The first-order valence-corrected chi connectivity index (χ1v) is 4.32. The van der Waals surface area contributed by atoms with Crippen LogP contribution in [0, 0.1) is 5.95 Å². The van der Waals surface area contributed by atoms with E-state index >= 15 is 0 Å². The van der Waals surface area contributed by atoms with Crippen molar-refractivity contribution in [2.75, 3.05) is 0 Å². The molecule has 0 amide bonds. The van der Waals surface area contributed by atoms with Crippen molar-refractivity contribution in [1.29, 1.82) is 0 Å². The highest BCUT2D eigenvalue weighted by atomic mass is 35.5. The first-order chi connectivity index (χ1) is 6.72. The Morgan fingerprint density at radius 1 is 1.36 bits per heavy atom. The molecule has 2 aromatic rings. The zero-order valence-corrected chi connectivity index (χ0v) is 7.92. The van der Waals surface area contributed by atoms with Gasteiger partial charge in [0.1, 0.15) is 5.15 Å². The van der Waals surface area contributed by atoms with Crippen LogP contribution in [0.5, 0.6) is 0 Å². The molecule has 0 bridgehead atoms. The molecule has 0 spiro atoms. The van der Waals surface area contributed by atoms with E-state index in [-0.39, 0.29) is 0 Å². The molecule has 2 rings (SSSR count). The van der Waals surface area contributed by atoms with Crippen LogP contribution in [0.1, 0.15) is 5.56 Å². The molecular formula is C10H6ClFN2. The number of pyridine rings is 2. The van der Waals surface area contributed by atoms with Crippen LogP contribution in [0.3, 0.4) is 0 Å². The molecule has 0 aliphatic heterocycles. The van der Waals surface area contributed by atoms with Gasteiger partial charge in [-0.05, 0) is 6.07 Å². The van der Waals surface area contributed by atoms with Gasteiger partial charge in [-0.1, -0.05) is 24.3 Å². The summed E-state index contributed by atoms with van der Waals surface area (Å²) in [6.45, 7) is 3.52. The quantitative estimate of drug-likeness (QED) is 0.673. The fraction of sp³-hybridized carbons (Fsp3) is 0. The fourth-order valence-corrected chi connectivity index (χ4v) is 1.44. The van der Waals surface area contributed by atoms with Crippen LogP contribution in [0.2, 0.25) is 5.15 Å². The minimum atomic E-state index is -0.545. The van der Waals surface area contributed by atoms with E-state index < -0.39 is 5.95 Å². The van der Waals surface area contributed by atoms with Gasteiger partial charge in [0.15, 0.2) is 0 Å². The molecule has 0 saturated heterocycles. The second-order valence-corrected chi connectivity index (χ2v) is 3.15. The number of nitrogens with zero attached hydrogens (tertiary/aromatic N) is 2. The molecule has 70 valence electrons. The summed E-state index contributed by atoms with van der Waals surface area (Å²) in [6, 6.07) is 1.64. The number of hydrogen-bond acceptors (Lipinski definition) is 2. The molecular weight excluding hydrogens is 203 g/mol. The second-order valence-electron chi connectivity index (χ2n) is 2.76. The minimum absolute atomic E-state index is 0.353. The average Bonchev–Trinajstić information content (AvgIpc) is 2.18. The monoisotopic (exact) mass is 208 g/mol. The molecule has 4 heteroatoms. The van der Waals surface area contributed by atoms with E-state index in [0.717, 1.165) is 5.39 Å². The number of hydrogen-bond donors (Lipinski definition) is 0. The van der Waals surface area contributed by atoms with Gasteiger partial charge in [0.25, 0.3) is 0 Å². The number of rotatable bonds is 1. The molecule has 0 atom stereocenters. The average molecular weight is 209 g/mol. The molecule has 2 aromatic heterocycles. The van der Waals surface area contributed by atoms with Crippen molar-refractivity contribution >= 4 is 28.4 Å². The summed E-state index contributed by atoms with van der Waals surface area (Å²) in [6.07, 6.45) is 4.35. The van der Waals surface area contributed by atoms with Crippen LogP contribution in [0.15, 0.2) is 25.0 Å². The zero-order valence-electron chi connectivity index (χ0n) is 7.17. The van der Waals surface area contributed by atoms with E-state index in [2.05, 4.69) is 16.5 Å². The van der Waals surface area contributed by atoms with Crippen molar-refractivity contribution in [3.8, 4) is 0 Å². The van der Waals surface area contributed by atoms with Crippen molar-refractivity contribution in [3.05, 3.63) is 41.7 Å². The van der Waals surface area contributed by atoms with E-state index in [4.69, 9.17) is 11.6 Å². The first-order valence-electron chi connectivity index (χ1n) is 3.94. The van der Waals surface area contributed by atoms with E-state index in [1.807, 2.05) is 0 Å². The lowest BCUT2D eigenvalue weighted by molar-refractivity contribution is 0.583. The Morgan fingerprint density at radius 2 is 2.14 bits per heavy atom. The van der Waals surface area contributed by atoms with E-state index in [1.54, 1.807) is 6.07 Å².